The van der Waals surface area contributed by atoms with E-state index in [9.17, 15) is 14.4 Å². The van der Waals surface area contributed by atoms with Gasteiger partial charge in [-0.25, -0.2) is 4.98 Å². The van der Waals surface area contributed by atoms with E-state index in [1.54, 1.807) is 35.6 Å². The number of hydrogen-bond acceptors (Lipinski definition) is 7. The van der Waals surface area contributed by atoms with E-state index in [-0.39, 0.29) is 5.91 Å². The molecule has 1 fully saturated rings. The van der Waals surface area contributed by atoms with Crippen molar-refractivity contribution >= 4 is 45.6 Å². The number of nitrogens with one attached hydrogen (secondary N) is 3. The average molecular weight is 432 g/mol. The number of hydrogen-bond donors (Lipinski definition) is 3. The summed E-state index contributed by atoms with van der Waals surface area (Å²) in [5.41, 5.74) is 1.90. The molecule has 2 heterocycles. The summed E-state index contributed by atoms with van der Waals surface area (Å²) in [7, 11) is 0. The van der Waals surface area contributed by atoms with E-state index in [0.29, 0.717) is 37.6 Å². The zero-order valence-corrected chi connectivity index (χ0v) is 17.8. The summed E-state index contributed by atoms with van der Waals surface area (Å²) in [6, 6.07) is 6.60. The van der Waals surface area contributed by atoms with Gasteiger partial charge in [0, 0.05) is 49.2 Å². The SMILES string of the molecule is CC(=O)Nc1cccc(NC(=O)C(=O)NCCc2sc(N3CCOCC3)nc2C)c1. The first kappa shape index (κ1) is 21.7. The second-order valence-corrected chi connectivity index (χ2v) is 7.89. The molecule has 9 nitrogen and oxygen atoms in total. The molecule has 2 aromatic rings. The Balaban J connectivity index is 1.48. The highest BCUT2D eigenvalue weighted by molar-refractivity contribution is 7.15. The Morgan fingerprint density at radius 1 is 1.13 bits per heavy atom. The van der Waals surface area contributed by atoms with Crippen molar-refractivity contribution in [1.29, 1.82) is 0 Å². The minimum Gasteiger partial charge on any atom is -0.378 e. The average Bonchev–Trinajstić information content (AvgIpc) is 3.09. The molecule has 0 radical (unpaired) electrons. The van der Waals surface area contributed by atoms with E-state index in [4.69, 9.17) is 4.74 Å². The molecule has 0 aliphatic carbocycles. The molecule has 30 heavy (non-hydrogen) atoms. The zero-order valence-electron chi connectivity index (χ0n) is 17.0. The second-order valence-electron chi connectivity index (χ2n) is 6.83. The fraction of sp³-hybridized carbons (Fsp3) is 0.400. The van der Waals surface area contributed by atoms with E-state index in [1.807, 2.05) is 6.92 Å². The fourth-order valence-corrected chi connectivity index (χ4v) is 4.08. The second kappa shape index (κ2) is 10.2. The predicted octanol–water partition coefficient (Wildman–Crippen LogP) is 1.54. The maximum Gasteiger partial charge on any atom is 0.313 e. The molecule has 1 saturated heterocycles. The normalized spacial score (nSPS) is 13.6. The number of anilines is 3. The van der Waals surface area contributed by atoms with Crippen LogP contribution < -0.4 is 20.9 Å². The first-order valence-corrected chi connectivity index (χ1v) is 10.5. The highest BCUT2D eigenvalue weighted by atomic mass is 32.1. The highest BCUT2D eigenvalue weighted by Crippen LogP contribution is 2.26. The molecule has 0 unspecified atom stereocenters. The van der Waals surface area contributed by atoms with Crippen LogP contribution >= 0.6 is 11.3 Å². The van der Waals surface area contributed by atoms with E-state index in [2.05, 4.69) is 25.8 Å². The summed E-state index contributed by atoms with van der Waals surface area (Å²) < 4.78 is 5.37. The number of amides is 3. The smallest absolute Gasteiger partial charge is 0.313 e. The molecule has 10 heteroatoms. The summed E-state index contributed by atoms with van der Waals surface area (Å²) in [6.07, 6.45) is 0.602. The molecule has 0 atom stereocenters. The van der Waals surface area contributed by atoms with Gasteiger partial charge in [-0.15, -0.1) is 11.3 Å². The summed E-state index contributed by atoms with van der Waals surface area (Å²) in [5.74, 6) is -1.69. The molecular weight excluding hydrogens is 406 g/mol. The van der Waals surface area contributed by atoms with Gasteiger partial charge in [0.1, 0.15) is 0 Å². The van der Waals surface area contributed by atoms with Crippen LogP contribution in [0.2, 0.25) is 0 Å². The molecular formula is C20H25N5O4S. The maximum absolute atomic E-state index is 12.1. The van der Waals surface area contributed by atoms with Gasteiger partial charge in [-0.1, -0.05) is 6.07 Å². The van der Waals surface area contributed by atoms with Crippen molar-refractivity contribution in [2.24, 2.45) is 0 Å². The minimum absolute atomic E-state index is 0.216. The third-order valence-corrected chi connectivity index (χ3v) is 5.73. The third-order valence-electron chi connectivity index (χ3n) is 4.45. The molecule has 1 aromatic carbocycles. The number of nitrogens with zero attached hydrogens (tertiary/aromatic N) is 2. The largest absolute Gasteiger partial charge is 0.378 e. The quantitative estimate of drug-likeness (QED) is 0.598. The third kappa shape index (κ3) is 6.01. The fourth-order valence-electron chi connectivity index (χ4n) is 2.97. The van der Waals surface area contributed by atoms with E-state index in [1.165, 1.54) is 6.92 Å². The Kier molecular flexibility index (Phi) is 7.36. The van der Waals surface area contributed by atoms with Crippen LogP contribution in [0, 0.1) is 6.92 Å². The standard InChI is InChI=1S/C20H25N5O4S/c1-13-17(30-20(22-13)25-8-10-29-11-9-25)6-7-21-18(27)19(28)24-16-5-3-4-15(12-16)23-14(2)26/h3-5,12H,6-11H2,1-2H3,(H,21,27)(H,23,26)(H,24,28). The van der Waals surface area contributed by atoms with Crippen molar-refractivity contribution in [2.45, 2.75) is 20.3 Å². The molecule has 0 saturated carbocycles. The van der Waals surface area contributed by atoms with Crippen LogP contribution in [0.4, 0.5) is 16.5 Å². The van der Waals surface area contributed by atoms with E-state index in [0.717, 1.165) is 28.8 Å². The molecule has 3 rings (SSSR count). The molecule has 1 aliphatic rings. The first-order chi connectivity index (χ1) is 14.4. The van der Waals surface area contributed by atoms with Crippen molar-refractivity contribution in [1.82, 2.24) is 10.3 Å². The lowest BCUT2D eigenvalue weighted by Crippen LogP contribution is -2.36. The van der Waals surface area contributed by atoms with Crippen LogP contribution in [0.1, 0.15) is 17.5 Å². The van der Waals surface area contributed by atoms with Crippen molar-refractivity contribution in [3.8, 4) is 0 Å². The van der Waals surface area contributed by atoms with Crippen molar-refractivity contribution in [2.75, 3.05) is 48.4 Å². The van der Waals surface area contributed by atoms with Gasteiger partial charge in [0.2, 0.25) is 5.91 Å². The molecule has 160 valence electrons. The van der Waals surface area contributed by atoms with Gasteiger partial charge < -0.3 is 25.6 Å². The summed E-state index contributed by atoms with van der Waals surface area (Å²) in [5, 5.41) is 8.76. The van der Waals surface area contributed by atoms with Crippen LogP contribution in [0.25, 0.3) is 0 Å². The van der Waals surface area contributed by atoms with Gasteiger partial charge in [-0.05, 0) is 25.1 Å². The molecule has 1 aromatic heterocycles. The maximum atomic E-state index is 12.1. The first-order valence-electron chi connectivity index (χ1n) is 9.68. The van der Waals surface area contributed by atoms with E-state index < -0.39 is 11.8 Å². The van der Waals surface area contributed by atoms with Gasteiger partial charge >= 0.3 is 11.8 Å². The van der Waals surface area contributed by atoms with Gasteiger partial charge in [0.05, 0.1) is 18.9 Å². The summed E-state index contributed by atoms with van der Waals surface area (Å²) in [4.78, 5) is 43.3. The number of aryl methyl sites for hydroxylation is 1. The lowest BCUT2D eigenvalue weighted by molar-refractivity contribution is -0.136. The minimum atomic E-state index is -0.759. The number of carbonyl (C=O) groups excluding carboxylic acids is 3. The van der Waals surface area contributed by atoms with Gasteiger partial charge in [0.25, 0.3) is 0 Å². The highest BCUT2D eigenvalue weighted by Gasteiger charge is 2.18. The summed E-state index contributed by atoms with van der Waals surface area (Å²) in [6.45, 7) is 6.74. The lowest BCUT2D eigenvalue weighted by atomic mass is 10.2. The lowest BCUT2D eigenvalue weighted by Gasteiger charge is -2.26. The topological polar surface area (TPSA) is 113 Å². The van der Waals surface area contributed by atoms with E-state index >= 15 is 0 Å². The van der Waals surface area contributed by atoms with Gasteiger partial charge in [0.15, 0.2) is 5.13 Å². The van der Waals surface area contributed by atoms with Gasteiger partial charge in [-0.3, -0.25) is 14.4 Å². The number of carbonyl (C=O) groups is 3. The molecule has 0 spiro atoms. The predicted molar refractivity (Wildman–Crippen MR) is 116 cm³/mol. The number of benzene rings is 1. The zero-order chi connectivity index (χ0) is 21.5. The Morgan fingerprint density at radius 3 is 2.53 bits per heavy atom. The molecule has 3 amide bonds. The number of aromatic nitrogens is 1. The van der Waals surface area contributed by atoms with Crippen molar-refractivity contribution in [3.63, 3.8) is 0 Å². The molecule has 0 bridgehead atoms. The Hall–Kier alpha value is -2.98. The number of ether oxygens (including phenoxy) is 1. The number of morpholine rings is 1. The van der Waals surface area contributed by atoms with Crippen molar-refractivity contribution in [3.05, 3.63) is 34.8 Å². The van der Waals surface area contributed by atoms with Crippen LogP contribution in [-0.4, -0.2) is 55.6 Å². The van der Waals surface area contributed by atoms with Gasteiger partial charge in [-0.2, -0.15) is 0 Å². The molecule has 1 aliphatic heterocycles. The monoisotopic (exact) mass is 431 g/mol. The summed E-state index contributed by atoms with van der Waals surface area (Å²) >= 11 is 1.61. The Bertz CT molecular complexity index is 924. The molecule has 3 N–H and O–H groups in total. The Labute approximate surface area is 178 Å². The van der Waals surface area contributed by atoms with Crippen molar-refractivity contribution < 1.29 is 19.1 Å². The van der Waals surface area contributed by atoms with Crippen LogP contribution in [0.5, 0.6) is 0 Å². The number of rotatable bonds is 6. The van der Waals surface area contributed by atoms with Crippen LogP contribution in [0.15, 0.2) is 24.3 Å². The van der Waals surface area contributed by atoms with Crippen LogP contribution in [-0.2, 0) is 25.5 Å². The number of thiazole rings is 1. The van der Waals surface area contributed by atoms with Crippen LogP contribution in [0.3, 0.4) is 0 Å². The Morgan fingerprint density at radius 2 is 1.83 bits per heavy atom.